The Kier molecular flexibility index (Phi) is 8.98. The molecule has 0 saturated heterocycles. The number of aryl methyl sites for hydroxylation is 3. The van der Waals surface area contributed by atoms with Gasteiger partial charge in [0, 0.05) is 30.6 Å². The van der Waals surface area contributed by atoms with Gasteiger partial charge in [0.15, 0.2) is 0 Å². The van der Waals surface area contributed by atoms with Gasteiger partial charge in [-0.15, -0.1) is 0 Å². The molecule has 3 rings (SSSR count). The first-order valence-corrected chi connectivity index (χ1v) is 11.4. The minimum Gasteiger partial charge on any atom is -0.434 e. The lowest BCUT2D eigenvalue weighted by molar-refractivity contribution is -0.141. The number of fused-ring (bicyclic) bond motifs is 1. The van der Waals surface area contributed by atoms with Crippen LogP contribution in [0.4, 0.5) is 10.6 Å². The quantitative estimate of drug-likeness (QED) is 0.328. The number of nitrogens with one attached hydrogen (secondary N) is 1. The number of esters is 1. The van der Waals surface area contributed by atoms with E-state index in [4.69, 9.17) is 15.5 Å². The molecule has 1 aliphatic heterocycles. The van der Waals surface area contributed by atoms with Crippen molar-refractivity contribution in [1.29, 1.82) is 0 Å². The molecule has 8 nitrogen and oxygen atoms in total. The second-order valence-electron chi connectivity index (χ2n) is 8.04. The highest BCUT2D eigenvalue weighted by atomic mass is 16.7. The number of hydrogen-bond donors (Lipinski definition) is 2. The van der Waals surface area contributed by atoms with Crippen LogP contribution in [0.15, 0.2) is 30.5 Å². The lowest BCUT2D eigenvalue weighted by Crippen LogP contribution is -2.36. The molecule has 0 unspecified atom stereocenters. The van der Waals surface area contributed by atoms with Crippen LogP contribution in [0.2, 0.25) is 0 Å². The third-order valence-corrected chi connectivity index (χ3v) is 5.37. The van der Waals surface area contributed by atoms with E-state index in [2.05, 4.69) is 27.2 Å². The minimum absolute atomic E-state index is 0.188. The maximum atomic E-state index is 11.9. The number of rotatable bonds is 10. The lowest BCUT2D eigenvalue weighted by atomic mass is 10.0. The summed E-state index contributed by atoms with van der Waals surface area (Å²) in [5, 5.41) is 3.37. The Labute approximate surface area is 188 Å². The number of aromatic nitrogens is 2. The number of nitrogens with two attached hydrogens (primary N) is 1. The Morgan fingerprint density at radius 1 is 1.16 bits per heavy atom. The van der Waals surface area contributed by atoms with Gasteiger partial charge >= 0.3 is 12.1 Å². The van der Waals surface area contributed by atoms with E-state index in [1.54, 1.807) is 6.20 Å². The molecule has 1 atom stereocenters. The van der Waals surface area contributed by atoms with E-state index in [0.717, 1.165) is 62.1 Å². The molecule has 32 heavy (non-hydrogen) atoms. The van der Waals surface area contributed by atoms with Crippen molar-refractivity contribution in [2.75, 3.05) is 18.5 Å². The van der Waals surface area contributed by atoms with E-state index in [0.29, 0.717) is 12.1 Å². The molecule has 0 radical (unpaired) electrons. The SMILES string of the molecule is CCCCOC(=O)OC(=O)[C@@H](N)Cc1ccc(CCCc2ccc3c(n2)NCCC3)cn1. The summed E-state index contributed by atoms with van der Waals surface area (Å²) in [6, 6.07) is 7.16. The summed E-state index contributed by atoms with van der Waals surface area (Å²) < 4.78 is 9.43. The topological polar surface area (TPSA) is 116 Å². The van der Waals surface area contributed by atoms with Gasteiger partial charge in [0.2, 0.25) is 0 Å². The predicted octanol–water partition coefficient (Wildman–Crippen LogP) is 3.36. The summed E-state index contributed by atoms with van der Waals surface area (Å²) in [6.45, 7) is 3.18. The lowest BCUT2D eigenvalue weighted by Gasteiger charge is -2.17. The Morgan fingerprint density at radius 3 is 2.78 bits per heavy atom. The predicted molar refractivity (Wildman–Crippen MR) is 121 cm³/mol. The van der Waals surface area contributed by atoms with E-state index >= 15 is 0 Å². The van der Waals surface area contributed by atoms with E-state index in [1.165, 1.54) is 5.56 Å². The van der Waals surface area contributed by atoms with Crippen molar-refractivity contribution in [3.8, 4) is 0 Å². The number of anilines is 1. The zero-order valence-corrected chi connectivity index (χ0v) is 18.6. The van der Waals surface area contributed by atoms with E-state index < -0.39 is 18.2 Å². The van der Waals surface area contributed by atoms with Gasteiger partial charge in [-0.3, -0.25) is 4.98 Å². The molecule has 8 heteroatoms. The molecule has 0 aromatic carbocycles. The smallest absolute Gasteiger partial charge is 0.434 e. The average molecular weight is 441 g/mol. The van der Waals surface area contributed by atoms with Crippen molar-refractivity contribution in [3.63, 3.8) is 0 Å². The molecule has 0 spiro atoms. The van der Waals surface area contributed by atoms with Crippen molar-refractivity contribution in [3.05, 3.63) is 53.0 Å². The van der Waals surface area contributed by atoms with Crippen LogP contribution in [0, 0.1) is 0 Å². The number of unbranched alkanes of at least 4 members (excludes halogenated alkanes) is 1. The number of carbonyl (C=O) groups excluding carboxylic acids is 2. The largest absolute Gasteiger partial charge is 0.516 e. The van der Waals surface area contributed by atoms with Crippen molar-refractivity contribution in [2.45, 2.75) is 64.3 Å². The van der Waals surface area contributed by atoms with Crippen LogP contribution >= 0.6 is 0 Å². The summed E-state index contributed by atoms with van der Waals surface area (Å²) in [4.78, 5) is 32.5. The molecule has 2 aromatic rings. The van der Waals surface area contributed by atoms with Gasteiger partial charge < -0.3 is 20.5 Å². The third-order valence-electron chi connectivity index (χ3n) is 5.37. The zero-order valence-electron chi connectivity index (χ0n) is 18.6. The Hall–Kier alpha value is -3.00. The Bertz CT molecular complexity index is 901. The molecule has 1 aliphatic rings. The fourth-order valence-electron chi connectivity index (χ4n) is 3.50. The van der Waals surface area contributed by atoms with Crippen molar-refractivity contribution in [2.24, 2.45) is 5.73 Å². The average Bonchev–Trinajstić information content (AvgIpc) is 2.80. The van der Waals surface area contributed by atoms with Gasteiger partial charge in [-0.2, -0.15) is 0 Å². The summed E-state index contributed by atoms with van der Waals surface area (Å²) in [6.07, 6.45) is 7.59. The normalized spacial score (nSPS) is 13.6. The molecule has 3 heterocycles. The van der Waals surface area contributed by atoms with Crippen molar-refractivity contribution < 1.29 is 19.1 Å². The van der Waals surface area contributed by atoms with E-state index in [9.17, 15) is 9.59 Å². The number of carbonyl (C=O) groups is 2. The number of ether oxygens (including phenoxy) is 2. The number of pyridine rings is 2. The molecule has 0 fully saturated rings. The molecule has 0 aliphatic carbocycles. The van der Waals surface area contributed by atoms with Gasteiger partial charge in [0.25, 0.3) is 0 Å². The summed E-state index contributed by atoms with van der Waals surface area (Å²) in [5.74, 6) is 0.216. The maximum absolute atomic E-state index is 11.9. The van der Waals surface area contributed by atoms with Crippen LogP contribution < -0.4 is 11.1 Å². The molecule has 0 bridgehead atoms. The Morgan fingerprint density at radius 2 is 2.00 bits per heavy atom. The van der Waals surface area contributed by atoms with Crippen molar-refractivity contribution >= 4 is 17.9 Å². The summed E-state index contributed by atoms with van der Waals surface area (Å²) in [7, 11) is 0. The zero-order chi connectivity index (χ0) is 22.8. The van der Waals surface area contributed by atoms with Crippen LogP contribution in [0.5, 0.6) is 0 Å². The monoisotopic (exact) mass is 440 g/mol. The molecule has 172 valence electrons. The first kappa shape index (κ1) is 23.7. The second kappa shape index (κ2) is 12.1. The molecule has 2 aromatic heterocycles. The second-order valence-corrected chi connectivity index (χ2v) is 8.04. The first-order chi connectivity index (χ1) is 15.5. The van der Waals surface area contributed by atoms with E-state index in [1.807, 2.05) is 19.1 Å². The molecular formula is C24H32N4O4. The van der Waals surface area contributed by atoms with Gasteiger partial charge in [0.1, 0.15) is 11.9 Å². The third kappa shape index (κ3) is 7.30. The standard InChI is InChI=1S/C24H32N4O4/c1-2-3-14-31-24(30)32-23(29)21(25)15-20-11-9-17(16-27-20)6-4-8-19-12-10-18-7-5-13-26-22(18)28-19/h9-12,16,21H,2-8,13-15,25H2,1H3,(H,26,28)/t21-/m0/s1. The van der Waals surface area contributed by atoms with Crippen LogP contribution in [-0.4, -0.2) is 41.3 Å². The van der Waals surface area contributed by atoms with Crippen LogP contribution in [0.25, 0.3) is 0 Å². The molecule has 3 N–H and O–H groups in total. The van der Waals surface area contributed by atoms with Gasteiger partial charge in [-0.1, -0.05) is 25.5 Å². The fourth-order valence-corrected chi connectivity index (χ4v) is 3.50. The highest BCUT2D eigenvalue weighted by Gasteiger charge is 2.20. The molecular weight excluding hydrogens is 408 g/mol. The highest BCUT2D eigenvalue weighted by Crippen LogP contribution is 2.20. The molecule has 0 amide bonds. The van der Waals surface area contributed by atoms with Gasteiger partial charge in [0.05, 0.1) is 6.61 Å². The van der Waals surface area contributed by atoms with Crippen LogP contribution in [0.1, 0.15) is 55.1 Å². The van der Waals surface area contributed by atoms with Crippen molar-refractivity contribution in [1.82, 2.24) is 9.97 Å². The minimum atomic E-state index is -1.01. The van der Waals surface area contributed by atoms with Crippen LogP contribution in [-0.2, 0) is 40.0 Å². The number of hydrogen-bond acceptors (Lipinski definition) is 8. The Balaban J connectivity index is 1.40. The molecule has 0 saturated carbocycles. The first-order valence-electron chi connectivity index (χ1n) is 11.4. The maximum Gasteiger partial charge on any atom is 0.516 e. The van der Waals surface area contributed by atoms with Gasteiger partial charge in [-0.05, 0) is 61.8 Å². The summed E-state index contributed by atoms with van der Waals surface area (Å²) in [5.41, 5.74) is 10.0. The number of nitrogens with zero attached hydrogens (tertiary/aromatic N) is 2. The van der Waals surface area contributed by atoms with E-state index in [-0.39, 0.29) is 13.0 Å². The highest BCUT2D eigenvalue weighted by molar-refractivity contribution is 5.85. The summed E-state index contributed by atoms with van der Waals surface area (Å²) >= 11 is 0. The van der Waals surface area contributed by atoms with Crippen LogP contribution in [0.3, 0.4) is 0 Å². The van der Waals surface area contributed by atoms with Gasteiger partial charge in [-0.25, -0.2) is 14.6 Å². The fraction of sp³-hybridized carbons (Fsp3) is 0.500.